The molecule has 0 atom stereocenters. The Morgan fingerprint density at radius 1 is 1.56 bits per heavy atom. The van der Waals surface area contributed by atoms with E-state index < -0.39 is 5.97 Å². The maximum absolute atomic E-state index is 10.1. The molecule has 0 aromatic carbocycles. The van der Waals surface area contributed by atoms with Crippen LogP contribution in [0.15, 0.2) is 5.10 Å². The van der Waals surface area contributed by atoms with Gasteiger partial charge in [0.1, 0.15) is 5.71 Å². The van der Waals surface area contributed by atoms with Gasteiger partial charge < -0.3 is 10.1 Å². The lowest BCUT2D eigenvalue weighted by atomic mass is 10.4. The fourth-order valence-electron chi connectivity index (χ4n) is 0.343. The highest BCUT2D eigenvalue weighted by Gasteiger charge is 1.99. The second-order valence-corrected chi connectivity index (χ2v) is 1.84. The number of carboxylic acids is 1. The molecule has 4 heteroatoms. The predicted molar refractivity (Wildman–Crippen MR) is 34.4 cm³/mol. The van der Waals surface area contributed by atoms with E-state index in [9.17, 15) is 4.79 Å². The fraction of sp³-hybridized carbons (Fsp3) is 0.600. The van der Waals surface area contributed by atoms with Gasteiger partial charge in [-0.2, -0.15) is 5.10 Å². The quantitative estimate of drug-likeness (QED) is 0.423. The molecule has 0 aliphatic heterocycles. The van der Waals surface area contributed by atoms with Gasteiger partial charge in [0.25, 0.3) is 0 Å². The van der Waals surface area contributed by atoms with Gasteiger partial charge in [-0.3, -0.25) is 0 Å². The Morgan fingerprint density at radius 2 is 2.00 bits per heavy atom. The van der Waals surface area contributed by atoms with Crippen LogP contribution in [0.1, 0.15) is 6.92 Å². The van der Waals surface area contributed by atoms with Crippen LogP contribution < -0.4 is 0 Å². The zero-order valence-corrected chi connectivity index (χ0v) is 5.75. The molecule has 0 unspecified atom stereocenters. The van der Waals surface area contributed by atoms with Crippen molar-refractivity contribution in [3.63, 3.8) is 0 Å². The first-order chi connectivity index (χ1) is 4.04. The van der Waals surface area contributed by atoms with Gasteiger partial charge in [-0.1, -0.05) is 0 Å². The molecule has 0 saturated heterocycles. The summed E-state index contributed by atoms with van der Waals surface area (Å²) in [4.78, 5) is 10.1. The van der Waals surface area contributed by atoms with Gasteiger partial charge in [-0.05, 0) is 6.92 Å². The molecule has 0 aromatic rings. The number of carboxylic acid groups (broad SMARTS) is 1. The normalized spacial score (nSPS) is 11.2. The van der Waals surface area contributed by atoms with Gasteiger partial charge in [-0.25, -0.2) is 4.79 Å². The average molecular weight is 130 g/mol. The van der Waals surface area contributed by atoms with E-state index in [1.807, 2.05) is 0 Å². The summed E-state index contributed by atoms with van der Waals surface area (Å²) in [5, 5.41) is 13.3. The molecule has 0 aromatic heterocycles. The van der Waals surface area contributed by atoms with E-state index in [1.54, 1.807) is 14.1 Å². The van der Waals surface area contributed by atoms with Crippen molar-refractivity contribution in [3.05, 3.63) is 0 Å². The predicted octanol–water partition coefficient (Wildman–Crippen LogP) is 0.00850. The van der Waals surface area contributed by atoms with E-state index in [4.69, 9.17) is 5.11 Å². The van der Waals surface area contributed by atoms with Crippen LogP contribution in [0.2, 0.25) is 0 Å². The zero-order chi connectivity index (χ0) is 7.44. The van der Waals surface area contributed by atoms with Crippen LogP contribution in [0.4, 0.5) is 0 Å². The Kier molecular flexibility index (Phi) is 2.70. The Labute approximate surface area is 53.8 Å². The van der Waals surface area contributed by atoms with Gasteiger partial charge in [0.2, 0.25) is 0 Å². The van der Waals surface area contributed by atoms with Crippen LogP contribution in [-0.2, 0) is 4.79 Å². The van der Waals surface area contributed by atoms with Crippen LogP contribution in [0.5, 0.6) is 0 Å². The molecule has 0 amide bonds. The molecule has 0 aliphatic carbocycles. The minimum atomic E-state index is -0.983. The lowest BCUT2D eigenvalue weighted by molar-refractivity contribution is -0.129. The Bertz CT molecular complexity index is 140. The molecule has 0 spiro atoms. The van der Waals surface area contributed by atoms with Gasteiger partial charge in [0, 0.05) is 14.1 Å². The Balaban J connectivity index is 4.00. The van der Waals surface area contributed by atoms with Crippen LogP contribution in [-0.4, -0.2) is 35.9 Å². The number of aliphatic carboxylic acids is 1. The monoisotopic (exact) mass is 130 g/mol. The first-order valence-electron chi connectivity index (χ1n) is 2.50. The van der Waals surface area contributed by atoms with Gasteiger partial charge >= 0.3 is 5.97 Å². The number of hydrogen-bond donors (Lipinski definition) is 1. The molecule has 9 heavy (non-hydrogen) atoms. The number of rotatable bonds is 2. The maximum Gasteiger partial charge on any atom is 0.351 e. The van der Waals surface area contributed by atoms with Crippen LogP contribution in [0.3, 0.4) is 0 Å². The molecule has 0 radical (unpaired) electrons. The SMILES string of the molecule is CC(=NN(C)C)C(=O)O. The Hall–Kier alpha value is -1.06. The number of nitrogens with zero attached hydrogens (tertiary/aromatic N) is 2. The lowest BCUT2D eigenvalue weighted by Crippen LogP contribution is -2.14. The zero-order valence-electron chi connectivity index (χ0n) is 5.75. The third-order valence-corrected chi connectivity index (χ3v) is 0.660. The van der Waals surface area contributed by atoms with Crippen molar-refractivity contribution in [1.82, 2.24) is 5.01 Å². The summed E-state index contributed by atoms with van der Waals surface area (Å²) in [6.07, 6.45) is 0. The number of hydrazone groups is 1. The molecule has 1 N–H and O–H groups in total. The third-order valence-electron chi connectivity index (χ3n) is 0.660. The van der Waals surface area contributed by atoms with Crippen molar-refractivity contribution >= 4 is 11.7 Å². The molecule has 0 fully saturated rings. The summed E-state index contributed by atoms with van der Waals surface area (Å²) < 4.78 is 0. The van der Waals surface area contributed by atoms with Crippen LogP contribution >= 0.6 is 0 Å². The van der Waals surface area contributed by atoms with Crippen LogP contribution in [0.25, 0.3) is 0 Å². The largest absolute Gasteiger partial charge is 0.477 e. The number of hydrogen-bond acceptors (Lipinski definition) is 3. The first kappa shape index (κ1) is 7.94. The molecule has 0 heterocycles. The summed E-state index contributed by atoms with van der Waals surface area (Å²) in [6.45, 7) is 1.45. The number of carbonyl (C=O) groups is 1. The highest BCUT2D eigenvalue weighted by Crippen LogP contribution is 1.80. The molecule has 52 valence electrons. The van der Waals surface area contributed by atoms with Crippen molar-refractivity contribution in [2.24, 2.45) is 5.10 Å². The van der Waals surface area contributed by atoms with Gasteiger partial charge in [-0.15, -0.1) is 0 Å². The average Bonchev–Trinajstić information content (AvgIpc) is 1.63. The smallest absolute Gasteiger partial charge is 0.351 e. The van der Waals surface area contributed by atoms with Crippen molar-refractivity contribution < 1.29 is 9.90 Å². The minimum absolute atomic E-state index is 0.0972. The molecular weight excluding hydrogens is 120 g/mol. The highest BCUT2D eigenvalue weighted by molar-refractivity contribution is 6.34. The van der Waals surface area contributed by atoms with Crippen molar-refractivity contribution in [2.75, 3.05) is 14.1 Å². The van der Waals surface area contributed by atoms with E-state index in [0.717, 1.165) is 0 Å². The van der Waals surface area contributed by atoms with Crippen molar-refractivity contribution in [1.29, 1.82) is 0 Å². The third kappa shape index (κ3) is 3.52. The van der Waals surface area contributed by atoms with E-state index in [-0.39, 0.29) is 5.71 Å². The van der Waals surface area contributed by atoms with Crippen molar-refractivity contribution in [3.8, 4) is 0 Å². The molecule has 0 bridgehead atoms. The topological polar surface area (TPSA) is 52.9 Å². The lowest BCUT2D eigenvalue weighted by Gasteiger charge is -2.02. The summed E-state index contributed by atoms with van der Waals surface area (Å²) in [7, 11) is 3.35. The molecular formula is C5H10N2O2. The second kappa shape index (κ2) is 3.06. The molecule has 0 aliphatic rings. The van der Waals surface area contributed by atoms with E-state index >= 15 is 0 Å². The van der Waals surface area contributed by atoms with Gasteiger partial charge in [0.05, 0.1) is 0 Å². The molecule has 0 saturated carbocycles. The fourth-order valence-corrected chi connectivity index (χ4v) is 0.343. The minimum Gasteiger partial charge on any atom is -0.477 e. The highest BCUT2D eigenvalue weighted by atomic mass is 16.4. The summed E-state index contributed by atoms with van der Waals surface area (Å²) >= 11 is 0. The van der Waals surface area contributed by atoms with E-state index in [1.165, 1.54) is 11.9 Å². The van der Waals surface area contributed by atoms with Crippen molar-refractivity contribution in [2.45, 2.75) is 6.92 Å². The van der Waals surface area contributed by atoms with E-state index in [0.29, 0.717) is 0 Å². The summed E-state index contributed by atoms with van der Waals surface area (Å²) in [6, 6.07) is 0. The van der Waals surface area contributed by atoms with E-state index in [2.05, 4.69) is 5.10 Å². The Morgan fingerprint density at radius 3 is 2.11 bits per heavy atom. The van der Waals surface area contributed by atoms with Crippen LogP contribution in [0, 0.1) is 0 Å². The molecule has 0 rings (SSSR count). The standard InChI is InChI=1S/C5H10N2O2/c1-4(5(8)9)6-7(2)3/h1-3H3,(H,8,9). The summed E-state index contributed by atoms with van der Waals surface area (Å²) in [5.41, 5.74) is 0.0972. The maximum atomic E-state index is 10.1. The van der Waals surface area contributed by atoms with Gasteiger partial charge in [0.15, 0.2) is 0 Å². The first-order valence-corrected chi connectivity index (χ1v) is 2.50. The molecule has 4 nitrogen and oxygen atoms in total. The second-order valence-electron chi connectivity index (χ2n) is 1.84. The summed E-state index contributed by atoms with van der Waals surface area (Å²) in [5.74, 6) is -0.983.